The van der Waals surface area contributed by atoms with Crippen molar-refractivity contribution in [2.24, 2.45) is 11.8 Å². The first-order valence-corrected chi connectivity index (χ1v) is 18.2. The van der Waals surface area contributed by atoms with Crippen LogP contribution in [-0.4, -0.2) is 97.8 Å². The average Bonchev–Trinajstić information content (AvgIpc) is 3.80. The Bertz CT molecular complexity index is 1910. The van der Waals surface area contributed by atoms with Crippen molar-refractivity contribution in [3.63, 3.8) is 0 Å². The Hall–Kier alpha value is -5.33. The third kappa shape index (κ3) is 6.68. The summed E-state index contributed by atoms with van der Waals surface area (Å²) in [4.78, 5) is 124. The molecule has 0 bridgehead atoms. The molecule has 4 aliphatic rings. The number of ketones is 7. The highest BCUT2D eigenvalue weighted by molar-refractivity contribution is 6.38. The van der Waals surface area contributed by atoms with Gasteiger partial charge in [0.15, 0.2) is 40.5 Å². The van der Waals surface area contributed by atoms with Crippen LogP contribution in [0.5, 0.6) is 0 Å². The van der Waals surface area contributed by atoms with Crippen LogP contribution in [0.15, 0.2) is 36.4 Å². The van der Waals surface area contributed by atoms with Crippen molar-refractivity contribution in [3.8, 4) is 0 Å². The van der Waals surface area contributed by atoms with Gasteiger partial charge in [-0.3, -0.25) is 43.4 Å². The number of carbonyl (C=O) groups excluding carboxylic acids is 9. The number of fused-ring (bicyclic) bond motifs is 2. The van der Waals surface area contributed by atoms with Gasteiger partial charge < -0.3 is 9.47 Å². The predicted octanol–water partition coefficient (Wildman–Crippen LogP) is 5.62. The summed E-state index contributed by atoms with van der Waals surface area (Å²) in [6.45, 7) is 13.7. The maximum absolute atomic E-state index is 13.8. The van der Waals surface area contributed by atoms with Gasteiger partial charge in [0.2, 0.25) is 0 Å². The first-order chi connectivity index (χ1) is 25.1. The van der Waals surface area contributed by atoms with Crippen LogP contribution in [0.4, 0.5) is 9.59 Å². The van der Waals surface area contributed by atoms with Crippen LogP contribution >= 0.6 is 0 Å². The van der Waals surface area contributed by atoms with Crippen LogP contribution in [0, 0.1) is 11.8 Å². The first kappa shape index (κ1) is 38.4. The van der Waals surface area contributed by atoms with Gasteiger partial charge in [-0.1, -0.05) is 12.1 Å². The van der Waals surface area contributed by atoms with E-state index in [0.717, 1.165) is 0 Å². The fourth-order valence-corrected chi connectivity index (χ4v) is 7.91. The Morgan fingerprint density at radius 2 is 0.870 bits per heavy atom. The number of hydrogen-bond acceptors (Lipinski definition) is 11. The SMILES string of the molecule is C[C@@H]1CC[C@@H](C(=O)C2C(=O)c3ccc(C(=O)c4ccc5c(c4)C(=O)C(C(=O)[C@@H]4CC[C@@H](C)N4C(=O)OC(C)(C)C)C5=O)cc3C2=O)N1C(=O)OC(C)(C)C. The van der Waals surface area contributed by atoms with Gasteiger partial charge in [-0.2, -0.15) is 0 Å². The summed E-state index contributed by atoms with van der Waals surface area (Å²) in [5, 5.41) is 0. The van der Waals surface area contributed by atoms with Gasteiger partial charge >= 0.3 is 12.2 Å². The Kier molecular flexibility index (Phi) is 9.61. The Balaban J connectivity index is 1.21. The molecule has 6 rings (SSSR count). The van der Waals surface area contributed by atoms with Gasteiger partial charge in [-0.05, 0) is 105 Å². The number of ether oxygens (including phenoxy) is 2. The summed E-state index contributed by atoms with van der Waals surface area (Å²) >= 11 is 0. The first-order valence-electron chi connectivity index (χ1n) is 18.2. The maximum Gasteiger partial charge on any atom is 0.411 e. The molecule has 0 spiro atoms. The summed E-state index contributed by atoms with van der Waals surface area (Å²) in [6, 6.07) is 4.95. The molecule has 2 unspecified atom stereocenters. The van der Waals surface area contributed by atoms with Crippen LogP contribution in [-0.2, 0) is 19.1 Å². The Labute approximate surface area is 312 Å². The van der Waals surface area contributed by atoms with Crippen molar-refractivity contribution < 1.29 is 52.6 Å². The Morgan fingerprint density at radius 1 is 0.537 bits per heavy atom. The number of benzene rings is 2. The summed E-state index contributed by atoms with van der Waals surface area (Å²) in [5.74, 6) is -8.42. The minimum Gasteiger partial charge on any atom is -0.444 e. The largest absolute Gasteiger partial charge is 0.444 e. The second-order valence-electron chi connectivity index (χ2n) is 16.6. The quantitative estimate of drug-likeness (QED) is 0.265. The number of rotatable bonds is 6. The molecule has 0 saturated carbocycles. The minimum atomic E-state index is -1.68. The molecule has 2 aliphatic carbocycles. The van der Waals surface area contributed by atoms with E-state index in [1.807, 2.05) is 0 Å². The number of hydrogen-bond donors (Lipinski definition) is 0. The van der Waals surface area contributed by atoms with E-state index in [2.05, 4.69) is 0 Å². The lowest BCUT2D eigenvalue weighted by Gasteiger charge is -2.31. The lowest BCUT2D eigenvalue weighted by atomic mass is 9.92. The summed E-state index contributed by atoms with van der Waals surface area (Å²) in [5.41, 5.74) is -1.95. The number of carbonyl (C=O) groups is 9. The van der Waals surface area contributed by atoms with Crippen LogP contribution in [0.25, 0.3) is 0 Å². The zero-order valence-corrected chi connectivity index (χ0v) is 31.6. The summed E-state index contributed by atoms with van der Waals surface area (Å²) in [7, 11) is 0. The monoisotopic (exact) mass is 740 g/mol. The van der Waals surface area contributed by atoms with Crippen LogP contribution in [0.1, 0.15) is 138 Å². The summed E-state index contributed by atoms with van der Waals surface area (Å²) in [6.07, 6.45) is 0.0361. The standard InChI is InChI=1S/C41H44N2O11/c1-19-9-15-27(42(19)38(51)53-40(3,4)5)36(49)29-32(45)23-13-11-21(17-25(23)34(29)47)31(44)22-12-14-24-26(18-22)35(48)30(33(24)46)37(50)28-16-10-20(2)43(28)39(52)54-41(6,7)8/h11-14,17-20,27-30H,9-10,15-16H2,1-8H3/t19-,20-,27+,28+,29?,30?/m1/s1. The molecule has 0 aromatic heterocycles. The average molecular weight is 741 g/mol. The maximum atomic E-state index is 13.8. The molecular formula is C41H44N2O11. The van der Waals surface area contributed by atoms with Crippen molar-refractivity contribution in [1.82, 2.24) is 9.80 Å². The normalized spacial score (nSPS) is 25.2. The van der Waals surface area contributed by atoms with E-state index < -0.39 is 87.8 Å². The molecule has 0 N–H and O–H groups in total. The van der Waals surface area contributed by atoms with E-state index in [9.17, 15) is 43.2 Å². The smallest absolute Gasteiger partial charge is 0.411 e. The highest BCUT2D eigenvalue weighted by atomic mass is 16.6. The van der Waals surface area contributed by atoms with Gasteiger partial charge in [-0.25, -0.2) is 9.59 Å². The highest BCUT2D eigenvalue weighted by Gasteiger charge is 2.52. The molecule has 6 atom stereocenters. The van der Waals surface area contributed by atoms with Crippen molar-refractivity contribution in [2.45, 2.75) is 116 Å². The van der Waals surface area contributed by atoms with Gasteiger partial charge in [0.05, 0.1) is 12.1 Å². The fraction of sp³-hybridized carbons (Fsp3) is 0.488. The molecule has 2 heterocycles. The van der Waals surface area contributed by atoms with E-state index >= 15 is 0 Å². The number of likely N-dealkylation sites (tertiary alicyclic amines) is 2. The second-order valence-corrected chi connectivity index (χ2v) is 16.6. The molecule has 2 fully saturated rings. The van der Waals surface area contributed by atoms with E-state index in [1.165, 1.54) is 46.2 Å². The van der Waals surface area contributed by atoms with E-state index in [-0.39, 0.29) is 58.3 Å². The molecule has 54 heavy (non-hydrogen) atoms. The molecule has 13 nitrogen and oxygen atoms in total. The van der Waals surface area contributed by atoms with Crippen molar-refractivity contribution >= 4 is 52.7 Å². The number of nitrogens with zero attached hydrogens (tertiary/aromatic N) is 2. The molecule has 284 valence electrons. The zero-order chi connectivity index (χ0) is 39.8. The molecule has 0 radical (unpaired) electrons. The van der Waals surface area contributed by atoms with E-state index in [0.29, 0.717) is 12.8 Å². The summed E-state index contributed by atoms with van der Waals surface area (Å²) < 4.78 is 11.0. The number of Topliss-reactive ketones (excluding diaryl/α,β-unsaturated/α-hetero) is 6. The second kappa shape index (κ2) is 13.5. The van der Waals surface area contributed by atoms with E-state index in [1.54, 1.807) is 55.4 Å². The lowest BCUT2D eigenvalue weighted by molar-refractivity contribution is -0.125. The van der Waals surface area contributed by atoms with E-state index in [4.69, 9.17) is 9.47 Å². The van der Waals surface area contributed by atoms with Gasteiger partial charge in [0.1, 0.15) is 23.0 Å². The molecule has 2 aromatic rings. The molecule has 13 heteroatoms. The Morgan fingerprint density at radius 3 is 1.20 bits per heavy atom. The molecule has 2 aliphatic heterocycles. The number of amides is 2. The van der Waals surface area contributed by atoms with Crippen molar-refractivity contribution in [2.75, 3.05) is 0 Å². The molecule has 2 aromatic carbocycles. The van der Waals surface area contributed by atoms with Gasteiger partial charge in [0.25, 0.3) is 0 Å². The topological polar surface area (TPSA) is 179 Å². The van der Waals surface area contributed by atoms with Crippen molar-refractivity contribution in [3.05, 3.63) is 69.8 Å². The van der Waals surface area contributed by atoms with Crippen LogP contribution in [0.3, 0.4) is 0 Å². The van der Waals surface area contributed by atoms with Gasteiger partial charge in [0, 0.05) is 45.5 Å². The molecule has 2 amide bonds. The minimum absolute atomic E-state index is 0.00911. The van der Waals surface area contributed by atoms with Crippen molar-refractivity contribution in [1.29, 1.82) is 0 Å². The van der Waals surface area contributed by atoms with Crippen LogP contribution < -0.4 is 0 Å². The van der Waals surface area contributed by atoms with Crippen LogP contribution in [0.2, 0.25) is 0 Å². The fourth-order valence-electron chi connectivity index (χ4n) is 7.91. The third-order valence-corrected chi connectivity index (χ3v) is 10.4. The molecule has 2 saturated heterocycles. The predicted molar refractivity (Wildman–Crippen MR) is 192 cm³/mol. The highest BCUT2D eigenvalue weighted by Crippen LogP contribution is 2.37. The lowest BCUT2D eigenvalue weighted by Crippen LogP contribution is -2.49. The third-order valence-electron chi connectivity index (χ3n) is 10.4. The zero-order valence-electron chi connectivity index (χ0n) is 31.6. The van der Waals surface area contributed by atoms with Gasteiger partial charge in [-0.15, -0.1) is 0 Å². The molecular weight excluding hydrogens is 696 g/mol.